The summed E-state index contributed by atoms with van der Waals surface area (Å²) < 4.78 is 32.6. The lowest BCUT2D eigenvalue weighted by molar-refractivity contribution is 0.0709. The van der Waals surface area contributed by atoms with Crippen molar-refractivity contribution in [3.63, 3.8) is 0 Å². The minimum absolute atomic E-state index is 0. The van der Waals surface area contributed by atoms with E-state index in [1.165, 1.54) is 17.5 Å². The lowest BCUT2D eigenvalue weighted by Crippen LogP contribution is -2.51. The van der Waals surface area contributed by atoms with Gasteiger partial charge in [0.05, 0.1) is 7.11 Å². The molecule has 1 N–H and O–H groups in total. The van der Waals surface area contributed by atoms with E-state index in [0.29, 0.717) is 31.7 Å². The minimum Gasteiger partial charge on any atom is -0.495 e. The van der Waals surface area contributed by atoms with Gasteiger partial charge in [0.15, 0.2) is 0 Å². The smallest absolute Gasteiger partial charge is 0.253 e. The molecule has 3 rings (SSSR count). The number of ether oxygens (including phenoxy) is 1. The molecule has 7 nitrogen and oxygen atoms in total. The molecule has 1 atom stereocenters. The quantitative estimate of drug-likeness (QED) is 0.820. The van der Waals surface area contributed by atoms with Crippen molar-refractivity contribution < 1.29 is 17.9 Å². The molecule has 0 radical (unpaired) electrons. The van der Waals surface area contributed by atoms with Gasteiger partial charge in [-0.05, 0) is 38.0 Å². The summed E-state index contributed by atoms with van der Waals surface area (Å²) in [6.07, 6.45) is 1.72. The van der Waals surface area contributed by atoms with E-state index in [1.807, 2.05) is 6.92 Å². The van der Waals surface area contributed by atoms with E-state index in [9.17, 15) is 13.2 Å². The van der Waals surface area contributed by atoms with Gasteiger partial charge in [-0.1, -0.05) is 0 Å². The fourth-order valence-corrected chi connectivity index (χ4v) is 5.08. The number of nitrogens with one attached hydrogen (secondary N) is 1. The first-order valence-electron chi connectivity index (χ1n) is 8.64. The van der Waals surface area contributed by atoms with Crippen molar-refractivity contribution in [1.29, 1.82) is 0 Å². The molecule has 2 aliphatic heterocycles. The van der Waals surface area contributed by atoms with Gasteiger partial charge in [-0.2, -0.15) is 4.31 Å². The van der Waals surface area contributed by atoms with E-state index in [-0.39, 0.29) is 35.0 Å². The molecule has 0 saturated carbocycles. The van der Waals surface area contributed by atoms with Crippen LogP contribution in [0.1, 0.15) is 30.1 Å². The van der Waals surface area contributed by atoms with E-state index < -0.39 is 10.0 Å². The highest BCUT2D eigenvalue weighted by Crippen LogP contribution is 2.30. The summed E-state index contributed by atoms with van der Waals surface area (Å²) in [4.78, 5) is 14.6. The number of carbonyl (C=O) groups is 1. The molecule has 0 spiro atoms. The predicted octanol–water partition coefficient (Wildman–Crippen LogP) is 1.34. The first kappa shape index (κ1) is 21.0. The van der Waals surface area contributed by atoms with Crippen molar-refractivity contribution in [1.82, 2.24) is 14.5 Å². The zero-order valence-corrected chi connectivity index (χ0v) is 16.7. The van der Waals surface area contributed by atoms with Gasteiger partial charge in [-0.25, -0.2) is 8.42 Å². The van der Waals surface area contributed by atoms with Gasteiger partial charge >= 0.3 is 0 Å². The first-order valence-corrected chi connectivity index (χ1v) is 10.1. The normalized spacial score (nSPS) is 21.3. The van der Waals surface area contributed by atoms with Crippen LogP contribution in [-0.2, 0) is 10.0 Å². The van der Waals surface area contributed by atoms with E-state index in [4.69, 9.17) is 4.74 Å². The number of piperazine rings is 1. The summed E-state index contributed by atoms with van der Waals surface area (Å²) in [5, 5.41) is 3.29. The number of carbonyl (C=O) groups excluding carboxylic acids is 1. The van der Waals surface area contributed by atoms with Crippen molar-refractivity contribution in [2.45, 2.75) is 30.7 Å². The lowest BCUT2D eigenvalue weighted by atomic mass is 10.1. The number of hydrogen-bond acceptors (Lipinski definition) is 5. The summed E-state index contributed by atoms with van der Waals surface area (Å²) in [5.41, 5.74) is 0.382. The highest BCUT2D eigenvalue weighted by Gasteiger charge is 2.31. The predicted molar refractivity (Wildman–Crippen MR) is 102 cm³/mol. The number of benzene rings is 1. The number of hydrogen-bond donors (Lipinski definition) is 1. The number of nitrogens with zero attached hydrogens (tertiary/aromatic N) is 2. The molecule has 1 amide bonds. The second-order valence-electron chi connectivity index (χ2n) is 6.58. The Hall–Kier alpha value is -1.35. The zero-order chi connectivity index (χ0) is 18.0. The zero-order valence-electron chi connectivity index (χ0n) is 15.1. The van der Waals surface area contributed by atoms with Crippen molar-refractivity contribution >= 4 is 28.3 Å². The maximum atomic E-state index is 12.9. The Morgan fingerprint density at radius 3 is 2.54 bits per heavy atom. The molecule has 1 unspecified atom stereocenters. The molecule has 2 fully saturated rings. The van der Waals surface area contributed by atoms with Crippen LogP contribution in [0.4, 0.5) is 0 Å². The number of amides is 1. The molecule has 1 aromatic carbocycles. The van der Waals surface area contributed by atoms with E-state index in [2.05, 4.69) is 5.32 Å². The van der Waals surface area contributed by atoms with Crippen LogP contribution >= 0.6 is 12.4 Å². The highest BCUT2D eigenvalue weighted by atomic mass is 35.5. The summed E-state index contributed by atoms with van der Waals surface area (Å²) in [6.45, 7) is 5.01. The van der Waals surface area contributed by atoms with Crippen LogP contribution in [0, 0.1) is 0 Å². The number of sulfonamides is 1. The van der Waals surface area contributed by atoms with Gasteiger partial charge in [0, 0.05) is 44.3 Å². The lowest BCUT2D eigenvalue weighted by Gasteiger charge is -2.32. The van der Waals surface area contributed by atoms with Gasteiger partial charge in [0.2, 0.25) is 10.0 Å². The summed E-state index contributed by atoms with van der Waals surface area (Å²) in [7, 11) is -2.21. The van der Waals surface area contributed by atoms with Crippen molar-refractivity contribution in [2.75, 3.05) is 39.8 Å². The van der Waals surface area contributed by atoms with E-state index in [1.54, 1.807) is 17.0 Å². The van der Waals surface area contributed by atoms with Crippen LogP contribution in [0.25, 0.3) is 0 Å². The number of halogens is 1. The van der Waals surface area contributed by atoms with Gasteiger partial charge in [0.1, 0.15) is 10.6 Å². The maximum absolute atomic E-state index is 12.9. The molecular formula is C17H26ClN3O4S. The Morgan fingerprint density at radius 2 is 1.92 bits per heavy atom. The summed E-state index contributed by atoms with van der Waals surface area (Å²) in [5.74, 6) is 0.131. The second-order valence-corrected chi connectivity index (χ2v) is 8.49. The molecular weight excluding hydrogens is 378 g/mol. The van der Waals surface area contributed by atoms with Crippen molar-refractivity contribution in [2.24, 2.45) is 0 Å². The molecule has 0 aromatic heterocycles. The van der Waals surface area contributed by atoms with Crippen LogP contribution < -0.4 is 10.1 Å². The maximum Gasteiger partial charge on any atom is 0.253 e. The van der Waals surface area contributed by atoms with Crippen molar-refractivity contribution in [3.05, 3.63) is 23.8 Å². The Kier molecular flexibility index (Phi) is 6.90. The van der Waals surface area contributed by atoms with Crippen LogP contribution in [0.5, 0.6) is 5.75 Å². The monoisotopic (exact) mass is 403 g/mol. The van der Waals surface area contributed by atoms with E-state index >= 15 is 0 Å². The molecule has 2 heterocycles. The van der Waals surface area contributed by atoms with Crippen LogP contribution in [0.2, 0.25) is 0 Å². The van der Waals surface area contributed by atoms with Crippen LogP contribution in [0.15, 0.2) is 23.1 Å². The summed E-state index contributed by atoms with van der Waals surface area (Å²) in [6, 6.07) is 4.89. The second kappa shape index (κ2) is 8.56. The third-order valence-electron chi connectivity index (χ3n) is 4.75. The molecule has 2 saturated heterocycles. The van der Waals surface area contributed by atoms with Gasteiger partial charge in [0.25, 0.3) is 5.91 Å². The molecule has 146 valence electrons. The fourth-order valence-electron chi connectivity index (χ4n) is 3.38. The largest absolute Gasteiger partial charge is 0.495 e. The Bertz CT molecular complexity index is 750. The number of methoxy groups -OCH3 is 1. The molecule has 2 aliphatic rings. The Balaban J connectivity index is 0.00000243. The average molecular weight is 404 g/mol. The highest BCUT2D eigenvalue weighted by molar-refractivity contribution is 7.89. The molecule has 26 heavy (non-hydrogen) atoms. The molecule has 0 bridgehead atoms. The fraction of sp³-hybridized carbons (Fsp3) is 0.588. The van der Waals surface area contributed by atoms with E-state index in [0.717, 1.165) is 19.4 Å². The van der Waals surface area contributed by atoms with Gasteiger partial charge < -0.3 is 15.0 Å². The Labute approximate surface area is 161 Å². The van der Waals surface area contributed by atoms with Gasteiger partial charge in [-0.15, -0.1) is 12.4 Å². The van der Waals surface area contributed by atoms with Gasteiger partial charge in [-0.3, -0.25) is 4.79 Å². The van der Waals surface area contributed by atoms with Crippen molar-refractivity contribution in [3.8, 4) is 5.75 Å². The molecule has 1 aromatic rings. The number of rotatable bonds is 4. The minimum atomic E-state index is -3.65. The third kappa shape index (κ3) is 4.14. The van der Waals surface area contributed by atoms with Crippen LogP contribution in [0.3, 0.4) is 0 Å². The SMILES string of the molecule is COc1ccc(C(=O)N2CCNC(C)C2)cc1S(=O)(=O)N1CCCC1.Cl. The molecule has 0 aliphatic carbocycles. The first-order chi connectivity index (χ1) is 11.9. The Morgan fingerprint density at radius 1 is 1.23 bits per heavy atom. The summed E-state index contributed by atoms with van der Waals surface area (Å²) >= 11 is 0. The average Bonchev–Trinajstić information content (AvgIpc) is 3.16. The molecule has 9 heteroatoms. The topological polar surface area (TPSA) is 79.0 Å². The van der Waals surface area contributed by atoms with Crippen LogP contribution in [-0.4, -0.2) is 69.4 Å². The third-order valence-corrected chi connectivity index (χ3v) is 6.67. The standard InChI is InChI=1S/C17H25N3O4S.ClH/c1-13-12-19(10-7-18-13)17(21)14-5-6-15(24-2)16(11-14)25(22,23)20-8-3-4-9-20;/h5-6,11,13,18H,3-4,7-10,12H2,1-2H3;1H.